The van der Waals surface area contributed by atoms with Crippen LogP contribution in [0.5, 0.6) is 11.5 Å². The van der Waals surface area contributed by atoms with Crippen LogP contribution in [0.1, 0.15) is 63.8 Å². The van der Waals surface area contributed by atoms with Gasteiger partial charge < -0.3 is 24.4 Å². The number of aliphatic hydroxyl groups is 1. The molecule has 7 heteroatoms. The Kier molecular flexibility index (Phi) is 8.77. The van der Waals surface area contributed by atoms with E-state index in [1.165, 1.54) is 0 Å². The summed E-state index contributed by atoms with van der Waals surface area (Å²) < 4.78 is 11.8. The van der Waals surface area contributed by atoms with Gasteiger partial charge in [-0.2, -0.15) is 0 Å². The van der Waals surface area contributed by atoms with Gasteiger partial charge in [0.2, 0.25) is 0 Å². The number of nitrogens with zero attached hydrogens (tertiary/aromatic N) is 2. The fraction of sp³-hybridized carbons (Fsp3) is 0.484. The van der Waals surface area contributed by atoms with E-state index in [0.717, 1.165) is 42.8 Å². The van der Waals surface area contributed by atoms with E-state index in [9.17, 15) is 14.7 Å². The fourth-order valence-electron chi connectivity index (χ4n) is 5.16. The summed E-state index contributed by atoms with van der Waals surface area (Å²) in [6.45, 7) is 13.7. The number of Topliss-reactive ketones (excluding diaryl/α,β-unsaturated/α-hetero) is 1. The Morgan fingerprint density at radius 1 is 1.16 bits per heavy atom. The molecule has 1 N–H and O–H groups in total. The van der Waals surface area contributed by atoms with Gasteiger partial charge in [-0.05, 0) is 73.8 Å². The SMILES string of the molecule is CCN(CC)CCN1C(=O)C(=O)/C(=C(/O)c2ccc3c(c2)C[C@@H](C)O3)[C@H]1c1cccc(OCCC(C)C)c1. The molecule has 0 unspecified atom stereocenters. The van der Waals surface area contributed by atoms with Gasteiger partial charge in [-0.3, -0.25) is 9.59 Å². The van der Waals surface area contributed by atoms with Crippen molar-refractivity contribution in [1.82, 2.24) is 9.80 Å². The van der Waals surface area contributed by atoms with Gasteiger partial charge in [0.05, 0.1) is 18.2 Å². The number of likely N-dealkylation sites (tertiary alicyclic amines) is 1. The van der Waals surface area contributed by atoms with Crippen LogP contribution in [0.2, 0.25) is 0 Å². The van der Waals surface area contributed by atoms with E-state index in [0.29, 0.717) is 36.9 Å². The van der Waals surface area contributed by atoms with Crippen molar-refractivity contribution in [2.45, 2.75) is 59.6 Å². The van der Waals surface area contributed by atoms with Crippen LogP contribution >= 0.6 is 0 Å². The number of ether oxygens (including phenoxy) is 2. The Labute approximate surface area is 226 Å². The molecule has 204 valence electrons. The predicted octanol–water partition coefficient (Wildman–Crippen LogP) is 5.20. The monoisotopic (exact) mass is 520 g/mol. The molecule has 0 bridgehead atoms. The third kappa shape index (κ3) is 5.88. The summed E-state index contributed by atoms with van der Waals surface area (Å²) in [7, 11) is 0. The maximum Gasteiger partial charge on any atom is 0.295 e. The fourth-order valence-corrected chi connectivity index (χ4v) is 5.16. The highest BCUT2D eigenvalue weighted by Crippen LogP contribution is 2.41. The van der Waals surface area contributed by atoms with Gasteiger partial charge in [-0.25, -0.2) is 0 Å². The number of likely N-dealkylation sites (N-methyl/N-ethyl adjacent to an activating group) is 1. The highest BCUT2D eigenvalue weighted by Gasteiger charge is 2.46. The van der Waals surface area contributed by atoms with Crippen molar-refractivity contribution in [1.29, 1.82) is 0 Å². The zero-order valence-electron chi connectivity index (χ0n) is 23.2. The molecular formula is C31H40N2O5. The molecule has 2 aliphatic rings. The average molecular weight is 521 g/mol. The van der Waals surface area contributed by atoms with Crippen molar-refractivity contribution in [2.75, 3.05) is 32.8 Å². The van der Waals surface area contributed by atoms with Crippen molar-refractivity contribution in [3.8, 4) is 11.5 Å². The molecule has 2 aliphatic heterocycles. The van der Waals surface area contributed by atoms with Gasteiger partial charge in [0.15, 0.2) is 0 Å². The van der Waals surface area contributed by atoms with Crippen molar-refractivity contribution >= 4 is 17.4 Å². The lowest BCUT2D eigenvalue weighted by atomic mass is 9.94. The first-order chi connectivity index (χ1) is 18.2. The summed E-state index contributed by atoms with van der Waals surface area (Å²) in [5.41, 5.74) is 2.35. The standard InChI is InChI=1S/C31H40N2O5/c1-6-32(7-2)14-15-33-28(22-9-8-10-25(19-22)37-16-13-20(3)4)27(30(35)31(33)36)29(34)23-11-12-26-24(18-23)17-21(5)38-26/h8-12,18-21,28,34H,6-7,13-17H2,1-5H3/b29-27+/t21-,28-/m1/s1. The zero-order chi connectivity index (χ0) is 27.4. The maximum absolute atomic E-state index is 13.4. The summed E-state index contributed by atoms with van der Waals surface area (Å²) in [4.78, 5) is 30.6. The second-order valence-corrected chi connectivity index (χ2v) is 10.6. The van der Waals surface area contributed by atoms with Crippen LogP contribution in [0.4, 0.5) is 0 Å². The number of amides is 1. The molecule has 2 aromatic carbocycles. The van der Waals surface area contributed by atoms with E-state index in [4.69, 9.17) is 9.47 Å². The molecule has 0 spiro atoms. The van der Waals surface area contributed by atoms with E-state index < -0.39 is 17.7 Å². The third-order valence-electron chi connectivity index (χ3n) is 7.40. The Balaban J connectivity index is 1.74. The summed E-state index contributed by atoms with van der Waals surface area (Å²) in [5.74, 6) is 0.576. The minimum Gasteiger partial charge on any atom is -0.507 e. The normalized spacial score (nSPS) is 20.3. The first kappa shape index (κ1) is 27.7. The van der Waals surface area contributed by atoms with Gasteiger partial charge in [-0.1, -0.05) is 39.8 Å². The number of carbonyl (C=O) groups is 2. The molecule has 2 heterocycles. The third-order valence-corrected chi connectivity index (χ3v) is 7.40. The molecule has 7 nitrogen and oxygen atoms in total. The lowest BCUT2D eigenvalue weighted by molar-refractivity contribution is -0.140. The number of hydrogen-bond donors (Lipinski definition) is 1. The second kappa shape index (κ2) is 12.0. The number of carbonyl (C=O) groups excluding carboxylic acids is 2. The van der Waals surface area contributed by atoms with Crippen LogP contribution in [0.3, 0.4) is 0 Å². The molecule has 1 saturated heterocycles. The summed E-state index contributed by atoms with van der Waals surface area (Å²) in [6, 6.07) is 12.3. The molecule has 38 heavy (non-hydrogen) atoms. The lowest BCUT2D eigenvalue weighted by Gasteiger charge is -2.28. The number of aliphatic hydroxyl groups excluding tert-OH is 1. The Hall–Kier alpha value is -3.32. The smallest absolute Gasteiger partial charge is 0.295 e. The van der Waals surface area contributed by atoms with Crippen LogP contribution in [0.25, 0.3) is 5.76 Å². The summed E-state index contributed by atoms with van der Waals surface area (Å²) in [6.07, 6.45) is 1.72. The molecule has 2 atom stereocenters. The zero-order valence-corrected chi connectivity index (χ0v) is 23.2. The number of hydrogen-bond acceptors (Lipinski definition) is 6. The molecule has 1 fully saturated rings. The average Bonchev–Trinajstić information content (AvgIpc) is 3.39. The van der Waals surface area contributed by atoms with Gasteiger partial charge in [0.25, 0.3) is 11.7 Å². The quantitative estimate of drug-likeness (QED) is 0.249. The summed E-state index contributed by atoms with van der Waals surface area (Å²) in [5, 5.41) is 11.5. The Morgan fingerprint density at radius 2 is 1.92 bits per heavy atom. The largest absolute Gasteiger partial charge is 0.507 e. The number of benzene rings is 2. The van der Waals surface area contributed by atoms with Gasteiger partial charge in [0.1, 0.15) is 23.4 Å². The molecule has 0 aliphatic carbocycles. The lowest BCUT2D eigenvalue weighted by Crippen LogP contribution is -2.38. The van der Waals surface area contributed by atoms with Crippen LogP contribution in [-0.4, -0.2) is 65.5 Å². The number of rotatable bonds is 11. The Bertz CT molecular complexity index is 1200. The highest BCUT2D eigenvalue weighted by molar-refractivity contribution is 6.46. The topological polar surface area (TPSA) is 79.3 Å². The van der Waals surface area contributed by atoms with Crippen LogP contribution in [0.15, 0.2) is 48.0 Å². The minimum absolute atomic E-state index is 0.0616. The molecule has 0 aromatic heterocycles. The molecule has 0 radical (unpaired) electrons. The van der Waals surface area contributed by atoms with Crippen molar-refractivity contribution in [2.24, 2.45) is 5.92 Å². The van der Waals surface area contributed by atoms with Crippen molar-refractivity contribution in [3.63, 3.8) is 0 Å². The van der Waals surface area contributed by atoms with Gasteiger partial charge in [0, 0.05) is 25.1 Å². The van der Waals surface area contributed by atoms with Gasteiger partial charge in [-0.15, -0.1) is 0 Å². The minimum atomic E-state index is -0.706. The van der Waals surface area contributed by atoms with Crippen molar-refractivity contribution < 1.29 is 24.2 Å². The predicted molar refractivity (Wildman–Crippen MR) is 148 cm³/mol. The number of fused-ring (bicyclic) bond motifs is 1. The first-order valence-electron chi connectivity index (χ1n) is 13.8. The van der Waals surface area contributed by atoms with Crippen LogP contribution in [0, 0.1) is 5.92 Å². The van der Waals surface area contributed by atoms with Crippen molar-refractivity contribution in [3.05, 3.63) is 64.7 Å². The van der Waals surface area contributed by atoms with Gasteiger partial charge >= 0.3 is 0 Å². The van der Waals surface area contributed by atoms with Crippen LogP contribution < -0.4 is 9.47 Å². The molecule has 2 aromatic rings. The molecule has 4 rings (SSSR count). The van der Waals surface area contributed by atoms with E-state index >= 15 is 0 Å². The van der Waals surface area contributed by atoms with E-state index in [1.807, 2.05) is 43.3 Å². The molecular weight excluding hydrogens is 480 g/mol. The Morgan fingerprint density at radius 3 is 2.63 bits per heavy atom. The molecule has 1 amide bonds. The van der Waals surface area contributed by atoms with Crippen LogP contribution in [-0.2, 0) is 16.0 Å². The van der Waals surface area contributed by atoms with E-state index in [2.05, 4.69) is 32.6 Å². The second-order valence-electron chi connectivity index (χ2n) is 10.6. The maximum atomic E-state index is 13.4. The van der Waals surface area contributed by atoms with E-state index in [1.54, 1.807) is 11.0 Å². The number of ketones is 1. The van der Waals surface area contributed by atoms with E-state index in [-0.39, 0.29) is 17.4 Å². The first-order valence-corrected chi connectivity index (χ1v) is 13.8. The summed E-state index contributed by atoms with van der Waals surface area (Å²) >= 11 is 0. The molecule has 0 saturated carbocycles. The highest BCUT2D eigenvalue weighted by atomic mass is 16.5.